The molecular weight excluding hydrogens is 202 g/mol. The molecule has 4 heteroatoms. The van der Waals surface area contributed by atoms with Crippen LogP contribution in [0.25, 0.3) is 0 Å². The first-order valence-corrected chi connectivity index (χ1v) is 6.28. The summed E-state index contributed by atoms with van der Waals surface area (Å²) in [7, 11) is 0. The van der Waals surface area contributed by atoms with Crippen molar-refractivity contribution in [2.75, 3.05) is 13.1 Å². The van der Waals surface area contributed by atoms with Crippen LogP contribution in [0.1, 0.15) is 31.4 Å². The van der Waals surface area contributed by atoms with E-state index in [2.05, 4.69) is 15.4 Å². The molecule has 1 aliphatic heterocycles. The van der Waals surface area contributed by atoms with E-state index in [9.17, 15) is 0 Å². The smallest absolute Gasteiger partial charge is 0.124 e. The predicted molar refractivity (Wildman–Crippen MR) is 61.0 cm³/mol. The molecule has 2 aliphatic rings. The van der Waals surface area contributed by atoms with Crippen LogP contribution in [0.2, 0.25) is 0 Å². The van der Waals surface area contributed by atoms with Crippen molar-refractivity contribution in [3.63, 3.8) is 0 Å². The second-order valence-electron chi connectivity index (χ2n) is 5.01. The zero-order valence-electron chi connectivity index (χ0n) is 9.56. The van der Waals surface area contributed by atoms with Gasteiger partial charge in [-0.1, -0.05) is 5.16 Å². The van der Waals surface area contributed by atoms with Crippen molar-refractivity contribution in [1.29, 1.82) is 0 Å². The Morgan fingerprint density at radius 2 is 2.31 bits per heavy atom. The summed E-state index contributed by atoms with van der Waals surface area (Å²) in [6.45, 7) is 3.28. The minimum Gasteiger partial charge on any atom is -0.364 e. The van der Waals surface area contributed by atoms with Crippen molar-refractivity contribution >= 4 is 0 Å². The minimum absolute atomic E-state index is 0.688. The zero-order chi connectivity index (χ0) is 10.8. The lowest BCUT2D eigenvalue weighted by atomic mass is 10.1. The Labute approximate surface area is 96.0 Å². The van der Waals surface area contributed by atoms with Gasteiger partial charge in [-0.2, -0.15) is 0 Å². The van der Waals surface area contributed by atoms with Crippen LogP contribution >= 0.6 is 0 Å². The molecule has 0 amide bonds. The summed E-state index contributed by atoms with van der Waals surface area (Å²) < 4.78 is 4.87. The summed E-state index contributed by atoms with van der Waals surface area (Å²) >= 11 is 0. The minimum atomic E-state index is 0.688. The quantitative estimate of drug-likeness (QED) is 0.834. The van der Waals surface area contributed by atoms with Gasteiger partial charge in [0.05, 0.1) is 5.69 Å². The fraction of sp³-hybridized carbons (Fsp3) is 0.750. The fourth-order valence-corrected chi connectivity index (χ4v) is 2.47. The maximum Gasteiger partial charge on any atom is 0.124 e. The molecule has 1 N–H and O–H groups in total. The molecule has 0 aromatic carbocycles. The van der Waals surface area contributed by atoms with Crippen LogP contribution in [0.15, 0.2) is 16.9 Å². The summed E-state index contributed by atoms with van der Waals surface area (Å²) in [6, 6.07) is 3.46. The molecule has 0 radical (unpaired) electrons. The number of likely N-dealkylation sites (tertiary alicyclic amines) is 1. The SMILES string of the molecule is c1cc(CN2CCCC(NC3CC3)C2)no1. The van der Waals surface area contributed by atoms with E-state index >= 15 is 0 Å². The molecule has 16 heavy (non-hydrogen) atoms. The highest BCUT2D eigenvalue weighted by Gasteiger charge is 2.27. The van der Waals surface area contributed by atoms with E-state index in [1.165, 1.54) is 32.2 Å². The Kier molecular flexibility index (Phi) is 2.93. The number of nitrogens with zero attached hydrogens (tertiary/aromatic N) is 2. The summed E-state index contributed by atoms with van der Waals surface area (Å²) in [4.78, 5) is 2.47. The van der Waals surface area contributed by atoms with Gasteiger partial charge >= 0.3 is 0 Å². The van der Waals surface area contributed by atoms with E-state index in [4.69, 9.17) is 4.52 Å². The molecule has 1 saturated carbocycles. The van der Waals surface area contributed by atoms with Crippen molar-refractivity contribution in [2.24, 2.45) is 0 Å². The van der Waals surface area contributed by atoms with Crippen LogP contribution in [0.4, 0.5) is 0 Å². The third kappa shape index (κ3) is 2.62. The van der Waals surface area contributed by atoms with Gasteiger partial charge in [0.15, 0.2) is 0 Å². The van der Waals surface area contributed by atoms with Gasteiger partial charge in [0.2, 0.25) is 0 Å². The standard InChI is InChI=1S/C12H19N3O/c1-2-11(13-10-3-4-10)8-15(6-1)9-12-5-7-16-14-12/h5,7,10-11,13H,1-4,6,8-9H2. The average molecular weight is 221 g/mol. The molecule has 1 atom stereocenters. The summed E-state index contributed by atoms with van der Waals surface area (Å²) in [5.74, 6) is 0. The Morgan fingerprint density at radius 1 is 1.38 bits per heavy atom. The van der Waals surface area contributed by atoms with Gasteiger partial charge in [-0.15, -0.1) is 0 Å². The largest absolute Gasteiger partial charge is 0.364 e. The Hall–Kier alpha value is -0.870. The van der Waals surface area contributed by atoms with Crippen LogP contribution in [-0.4, -0.2) is 35.2 Å². The van der Waals surface area contributed by atoms with Gasteiger partial charge in [-0.3, -0.25) is 4.90 Å². The Morgan fingerprint density at radius 3 is 3.06 bits per heavy atom. The van der Waals surface area contributed by atoms with E-state index in [1.54, 1.807) is 6.26 Å². The maximum atomic E-state index is 4.87. The molecule has 3 rings (SSSR count). The fourth-order valence-electron chi connectivity index (χ4n) is 2.47. The highest BCUT2D eigenvalue weighted by atomic mass is 16.5. The highest BCUT2D eigenvalue weighted by Crippen LogP contribution is 2.22. The Balaban J connectivity index is 1.51. The molecule has 0 bridgehead atoms. The second kappa shape index (κ2) is 4.55. The third-order valence-corrected chi connectivity index (χ3v) is 3.43. The van der Waals surface area contributed by atoms with E-state index in [0.29, 0.717) is 6.04 Å². The maximum absolute atomic E-state index is 4.87. The molecule has 1 saturated heterocycles. The monoisotopic (exact) mass is 221 g/mol. The highest BCUT2D eigenvalue weighted by molar-refractivity contribution is 4.96. The molecular formula is C12H19N3O. The molecule has 4 nitrogen and oxygen atoms in total. The van der Waals surface area contributed by atoms with Crippen LogP contribution < -0.4 is 5.32 Å². The van der Waals surface area contributed by atoms with E-state index in [0.717, 1.165) is 24.8 Å². The number of hydrogen-bond acceptors (Lipinski definition) is 4. The van der Waals surface area contributed by atoms with E-state index in [1.807, 2.05) is 6.07 Å². The molecule has 1 aromatic heterocycles. The number of nitrogens with one attached hydrogen (secondary N) is 1. The summed E-state index contributed by atoms with van der Waals surface area (Å²) in [6.07, 6.45) is 7.02. The lowest BCUT2D eigenvalue weighted by Gasteiger charge is -2.32. The van der Waals surface area contributed by atoms with Gasteiger partial charge in [0, 0.05) is 31.2 Å². The molecule has 2 fully saturated rings. The van der Waals surface area contributed by atoms with Crippen LogP contribution in [-0.2, 0) is 6.54 Å². The number of aromatic nitrogens is 1. The first kappa shape index (κ1) is 10.3. The normalized spacial score (nSPS) is 27.1. The summed E-state index contributed by atoms with van der Waals surface area (Å²) in [5.41, 5.74) is 1.05. The predicted octanol–water partition coefficient (Wildman–Crippen LogP) is 1.39. The van der Waals surface area contributed by atoms with Crippen LogP contribution in [0.5, 0.6) is 0 Å². The lowest BCUT2D eigenvalue weighted by molar-refractivity contribution is 0.178. The average Bonchev–Trinajstić information content (AvgIpc) is 2.94. The topological polar surface area (TPSA) is 41.3 Å². The van der Waals surface area contributed by atoms with Crippen molar-refractivity contribution in [1.82, 2.24) is 15.4 Å². The van der Waals surface area contributed by atoms with Gasteiger partial charge in [0.1, 0.15) is 6.26 Å². The molecule has 1 aromatic rings. The van der Waals surface area contributed by atoms with Gasteiger partial charge in [-0.25, -0.2) is 0 Å². The van der Waals surface area contributed by atoms with Crippen molar-refractivity contribution < 1.29 is 4.52 Å². The van der Waals surface area contributed by atoms with E-state index in [-0.39, 0.29) is 0 Å². The molecule has 1 aliphatic carbocycles. The van der Waals surface area contributed by atoms with Gasteiger partial charge in [-0.05, 0) is 32.2 Å². The molecule has 88 valence electrons. The van der Waals surface area contributed by atoms with Crippen molar-refractivity contribution in [3.05, 3.63) is 18.0 Å². The number of rotatable bonds is 4. The third-order valence-electron chi connectivity index (χ3n) is 3.43. The van der Waals surface area contributed by atoms with Crippen molar-refractivity contribution in [2.45, 2.75) is 44.3 Å². The first-order valence-electron chi connectivity index (χ1n) is 6.28. The number of hydrogen-bond donors (Lipinski definition) is 1. The van der Waals surface area contributed by atoms with Crippen molar-refractivity contribution in [3.8, 4) is 0 Å². The van der Waals surface area contributed by atoms with Crippen LogP contribution in [0.3, 0.4) is 0 Å². The molecule has 2 heterocycles. The second-order valence-corrected chi connectivity index (χ2v) is 5.01. The first-order chi connectivity index (χ1) is 7.90. The van der Waals surface area contributed by atoms with E-state index < -0.39 is 0 Å². The van der Waals surface area contributed by atoms with Crippen LogP contribution in [0, 0.1) is 0 Å². The molecule has 1 unspecified atom stereocenters. The lowest BCUT2D eigenvalue weighted by Crippen LogP contribution is -2.46. The number of piperidine rings is 1. The zero-order valence-corrected chi connectivity index (χ0v) is 9.56. The van der Waals surface area contributed by atoms with Gasteiger partial charge < -0.3 is 9.84 Å². The summed E-state index contributed by atoms with van der Waals surface area (Å²) in [5, 5.41) is 7.69. The molecule has 0 spiro atoms. The van der Waals surface area contributed by atoms with Gasteiger partial charge in [0.25, 0.3) is 0 Å². The Bertz CT molecular complexity index is 321.